The van der Waals surface area contributed by atoms with Crippen LogP contribution < -0.4 is 5.32 Å². The number of carbonyl (C=O) groups excluding carboxylic acids is 2. The molecule has 3 aromatic rings. The molecule has 0 saturated carbocycles. The van der Waals surface area contributed by atoms with Gasteiger partial charge in [-0.1, -0.05) is 60.7 Å². The summed E-state index contributed by atoms with van der Waals surface area (Å²) in [5.74, 6) is -1.18. The molecule has 5 heteroatoms. The summed E-state index contributed by atoms with van der Waals surface area (Å²) in [6, 6.07) is 21.5. The third-order valence-corrected chi connectivity index (χ3v) is 4.66. The number of anilines is 1. The molecular weight excluding hydrogens is 343 g/mol. The number of benzene rings is 3. The zero-order valence-electron chi connectivity index (χ0n) is 14.4. The predicted molar refractivity (Wildman–Crippen MR) is 101 cm³/mol. The van der Waals surface area contributed by atoms with Crippen LogP contribution in [-0.2, 0) is 11.3 Å². The van der Waals surface area contributed by atoms with Crippen LogP contribution in [0.1, 0.15) is 27.5 Å². The minimum absolute atomic E-state index is 0.0904. The molecule has 0 radical (unpaired) electrons. The van der Waals surface area contributed by atoms with E-state index in [0.717, 1.165) is 5.56 Å². The first-order chi connectivity index (χ1) is 13.1. The van der Waals surface area contributed by atoms with Gasteiger partial charge in [-0.25, -0.2) is 4.39 Å². The molecule has 0 saturated heterocycles. The second-order valence-electron chi connectivity index (χ2n) is 6.37. The van der Waals surface area contributed by atoms with Crippen molar-refractivity contribution < 1.29 is 14.0 Å². The average Bonchev–Trinajstić information content (AvgIpc) is 3.01. The van der Waals surface area contributed by atoms with Crippen molar-refractivity contribution in [3.05, 3.63) is 101 Å². The van der Waals surface area contributed by atoms with E-state index in [0.29, 0.717) is 17.7 Å². The third-order valence-electron chi connectivity index (χ3n) is 4.66. The van der Waals surface area contributed by atoms with Gasteiger partial charge in [-0.3, -0.25) is 9.59 Å². The Morgan fingerprint density at radius 1 is 0.926 bits per heavy atom. The van der Waals surface area contributed by atoms with Gasteiger partial charge in [-0.2, -0.15) is 0 Å². The van der Waals surface area contributed by atoms with Crippen molar-refractivity contribution in [2.24, 2.45) is 0 Å². The second kappa shape index (κ2) is 7.03. The lowest BCUT2D eigenvalue weighted by atomic mass is 10.0. The predicted octanol–water partition coefficient (Wildman–Crippen LogP) is 4.16. The Kier molecular flexibility index (Phi) is 4.42. The van der Waals surface area contributed by atoms with Gasteiger partial charge in [0.05, 0.1) is 5.69 Å². The van der Waals surface area contributed by atoms with Gasteiger partial charge in [-0.05, 0) is 29.3 Å². The quantitative estimate of drug-likeness (QED) is 0.759. The van der Waals surface area contributed by atoms with Crippen LogP contribution >= 0.6 is 0 Å². The third kappa shape index (κ3) is 3.19. The molecule has 4 nitrogen and oxygen atoms in total. The highest BCUT2D eigenvalue weighted by molar-refractivity contribution is 6.04. The number of amides is 2. The van der Waals surface area contributed by atoms with Crippen LogP contribution in [0, 0.1) is 5.82 Å². The summed E-state index contributed by atoms with van der Waals surface area (Å²) in [6.07, 6.45) is 0. The smallest absolute Gasteiger partial charge is 0.255 e. The number of fused-ring (bicyclic) bond motifs is 1. The zero-order chi connectivity index (χ0) is 18.8. The van der Waals surface area contributed by atoms with Gasteiger partial charge in [0.2, 0.25) is 0 Å². The van der Waals surface area contributed by atoms with E-state index < -0.39 is 17.8 Å². The Bertz CT molecular complexity index is 1000. The zero-order valence-corrected chi connectivity index (χ0v) is 14.4. The molecule has 0 aromatic heterocycles. The number of rotatable bonds is 4. The van der Waals surface area contributed by atoms with Crippen molar-refractivity contribution >= 4 is 17.5 Å². The molecule has 1 N–H and O–H groups in total. The summed E-state index contributed by atoms with van der Waals surface area (Å²) in [6.45, 7) is 0.333. The lowest BCUT2D eigenvalue weighted by Gasteiger charge is -2.27. The molecule has 0 aliphatic carbocycles. The van der Waals surface area contributed by atoms with E-state index in [4.69, 9.17) is 0 Å². The monoisotopic (exact) mass is 360 g/mol. The van der Waals surface area contributed by atoms with Crippen LogP contribution in [-0.4, -0.2) is 16.7 Å². The molecule has 0 fully saturated rings. The molecule has 27 heavy (non-hydrogen) atoms. The van der Waals surface area contributed by atoms with Crippen molar-refractivity contribution in [1.29, 1.82) is 0 Å². The minimum Gasteiger partial charge on any atom is -0.321 e. The normalized spacial score (nSPS) is 14.0. The highest BCUT2D eigenvalue weighted by Gasteiger charge is 2.37. The van der Waals surface area contributed by atoms with E-state index in [2.05, 4.69) is 5.32 Å². The summed E-state index contributed by atoms with van der Waals surface area (Å²) in [5.41, 5.74) is 2.24. The summed E-state index contributed by atoms with van der Waals surface area (Å²) in [4.78, 5) is 27.5. The summed E-state index contributed by atoms with van der Waals surface area (Å²) >= 11 is 0. The van der Waals surface area contributed by atoms with Crippen LogP contribution in [0.3, 0.4) is 0 Å². The van der Waals surface area contributed by atoms with E-state index in [-0.39, 0.29) is 11.6 Å². The Hall–Kier alpha value is -3.47. The number of carbonyl (C=O) groups is 2. The Morgan fingerprint density at radius 2 is 1.59 bits per heavy atom. The van der Waals surface area contributed by atoms with Crippen molar-refractivity contribution in [1.82, 2.24) is 4.90 Å². The fourth-order valence-electron chi connectivity index (χ4n) is 3.36. The molecule has 2 amide bonds. The summed E-state index contributed by atoms with van der Waals surface area (Å²) in [7, 11) is 0. The number of hydrogen-bond acceptors (Lipinski definition) is 2. The fourth-order valence-corrected chi connectivity index (χ4v) is 3.36. The lowest BCUT2D eigenvalue weighted by molar-refractivity contribution is -0.120. The van der Waals surface area contributed by atoms with E-state index in [1.54, 1.807) is 36.4 Å². The van der Waals surface area contributed by atoms with Gasteiger partial charge in [0.15, 0.2) is 0 Å². The van der Waals surface area contributed by atoms with Crippen molar-refractivity contribution in [3.8, 4) is 0 Å². The van der Waals surface area contributed by atoms with E-state index >= 15 is 0 Å². The fraction of sp³-hybridized carbons (Fsp3) is 0.0909. The lowest BCUT2D eigenvalue weighted by Crippen LogP contribution is -2.37. The first-order valence-electron chi connectivity index (χ1n) is 8.64. The largest absolute Gasteiger partial charge is 0.321 e. The van der Waals surface area contributed by atoms with E-state index in [1.807, 2.05) is 30.3 Å². The molecule has 134 valence electrons. The number of halogens is 1. The Labute approximate surface area is 156 Å². The number of nitrogens with one attached hydrogen (secondary N) is 1. The summed E-state index contributed by atoms with van der Waals surface area (Å²) < 4.78 is 14.0. The van der Waals surface area contributed by atoms with Crippen LogP contribution in [0.2, 0.25) is 0 Å². The number of hydrogen-bond donors (Lipinski definition) is 1. The molecule has 1 aliphatic heterocycles. The molecule has 0 bridgehead atoms. The molecule has 1 heterocycles. The van der Waals surface area contributed by atoms with E-state index in [1.165, 1.54) is 17.0 Å². The SMILES string of the molecule is O=C(Nc1ccccc1F)[C@H](c1ccccc1)N1Cc2ccccc2C1=O. The molecule has 0 spiro atoms. The van der Waals surface area contributed by atoms with E-state index in [9.17, 15) is 14.0 Å². The van der Waals surface area contributed by atoms with Gasteiger partial charge in [0.1, 0.15) is 11.9 Å². The second-order valence-corrected chi connectivity index (χ2v) is 6.37. The van der Waals surface area contributed by atoms with Crippen LogP contribution in [0.5, 0.6) is 0 Å². The first kappa shape index (κ1) is 17.0. The maximum absolute atomic E-state index is 14.0. The van der Waals surface area contributed by atoms with Crippen molar-refractivity contribution in [2.75, 3.05) is 5.32 Å². The molecule has 3 aromatic carbocycles. The highest BCUT2D eigenvalue weighted by Crippen LogP contribution is 2.32. The topological polar surface area (TPSA) is 49.4 Å². The van der Waals surface area contributed by atoms with Crippen LogP contribution in [0.25, 0.3) is 0 Å². The van der Waals surface area contributed by atoms with Crippen molar-refractivity contribution in [2.45, 2.75) is 12.6 Å². The Balaban J connectivity index is 1.70. The number of para-hydroxylation sites is 1. The van der Waals surface area contributed by atoms with Gasteiger partial charge in [-0.15, -0.1) is 0 Å². The highest BCUT2D eigenvalue weighted by atomic mass is 19.1. The van der Waals surface area contributed by atoms with Crippen LogP contribution in [0.15, 0.2) is 78.9 Å². The maximum atomic E-state index is 14.0. The van der Waals surface area contributed by atoms with Crippen molar-refractivity contribution in [3.63, 3.8) is 0 Å². The Morgan fingerprint density at radius 3 is 2.33 bits per heavy atom. The standard InChI is InChI=1S/C22H17FN2O2/c23-18-12-6-7-13-19(18)24-21(26)20(15-8-2-1-3-9-15)25-14-16-10-4-5-11-17(16)22(25)27/h1-13,20H,14H2,(H,24,26)/t20-/m0/s1. The molecular formula is C22H17FN2O2. The van der Waals surface area contributed by atoms with Gasteiger partial charge in [0.25, 0.3) is 11.8 Å². The molecule has 0 unspecified atom stereocenters. The van der Waals surface area contributed by atoms with Gasteiger partial charge in [0, 0.05) is 12.1 Å². The molecule has 1 aliphatic rings. The maximum Gasteiger partial charge on any atom is 0.255 e. The first-order valence-corrected chi connectivity index (χ1v) is 8.64. The van der Waals surface area contributed by atoms with Crippen LogP contribution in [0.4, 0.5) is 10.1 Å². The van der Waals surface area contributed by atoms with Gasteiger partial charge < -0.3 is 10.2 Å². The minimum atomic E-state index is -0.856. The van der Waals surface area contributed by atoms with Gasteiger partial charge >= 0.3 is 0 Å². The molecule has 1 atom stereocenters. The number of nitrogens with zero attached hydrogens (tertiary/aromatic N) is 1. The molecule has 4 rings (SSSR count). The summed E-state index contributed by atoms with van der Waals surface area (Å²) in [5, 5.41) is 2.63. The average molecular weight is 360 g/mol.